The normalized spacial score (nSPS) is 34.0. The van der Waals surface area contributed by atoms with Gasteiger partial charge in [0.25, 0.3) is 0 Å². The smallest absolute Gasteiger partial charge is 0.307 e. The van der Waals surface area contributed by atoms with Gasteiger partial charge in [-0.05, 0) is 32.1 Å². The lowest BCUT2D eigenvalue weighted by Crippen LogP contribution is -2.42. The Hall–Kier alpha value is -1.32. The maximum absolute atomic E-state index is 12.3. The maximum atomic E-state index is 12.3. The van der Waals surface area contributed by atoms with Crippen LogP contribution in [0.2, 0.25) is 0 Å². The van der Waals surface area contributed by atoms with Crippen LogP contribution >= 0.6 is 0 Å². The number of hydrogen-bond donors (Lipinski definition) is 1. The first-order valence-electron chi connectivity index (χ1n) is 6.30. The molecular formula is C13H19NO3. The first kappa shape index (κ1) is 12.1. The van der Waals surface area contributed by atoms with Crippen LogP contribution in [0.1, 0.15) is 20.3 Å². The number of carbonyl (C=O) groups excluding carboxylic acids is 1. The Morgan fingerprint density at radius 1 is 1.18 bits per heavy atom. The maximum Gasteiger partial charge on any atom is 0.307 e. The zero-order chi connectivity index (χ0) is 12.6. The Balaban J connectivity index is 2.22. The van der Waals surface area contributed by atoms with Gasteiger partial charge >= 0.3 is 5.97 Å². The van der Waals surface area contributed by atoms with Gasteiger partial charge in [-0.3, -0.25) is 9.59 Å². The van der Waals surface area contributed by atoms with Crippen LogP contribution in [0, 0.1) is 23.7 Å². The Bertz CT molecular complexity index is 360. The van der Waals surface area contributed by atoms with Gasteiger partial charge < -0.3 is 10.0 Å². The van der Waals surface area contributed by atoms with Crippen LogP contribution in [0.5, 0.6) is 0 Å². The molecule has 4 atom stereocenters. The molecule has 0 aromatic heterocycles. The average Bonchev–Trinajstić information content (AvgIpc) is 2.89. The molecule has 1 amide bonds. The summed E-state index contributed by atoms with van der Waals surface area (Å²) in [7, 11) is 0. The summed E-state index contributed by atoms with van der Waals surface area (Å²) in [6, 6.07) is 0. The van der Waals surface area contributed by atoms with Gasteiger partial charge in [-0.15, -0.1) is 0 Å². The minimum absolute atomic E-state index is 0.0132. The lowest BCUT2D eigenvalue weighted by atomic mass is 9.82. The summed E-state index contributed by atoms with van der Waals surface area (Å²) < 4.78 is 0. The van der Waals surface area contributed by atoms with Crippen molar-refractivity contribution in [2.75, 3.05) is 13.1 Å². The number of carboxylic acid groups (broad SMARTS) is 1. The van der Waals surface area contributed by atoms with Gasteiger partial charge in [0.05, 0.1) is 11.8 Å². The Labute approximate surface area is 101 Å². The molecule has 0 heterocycles. The molecule has 4 heteroatoms. The highest BCUT2D eigenvalue weighted by molar-refractivity contribution is 5.86. The van der Waals surface area contributed by atoms with Gasteiger partial charge in [0, 0.05) is 13.1 Å². The summed E-state index contributed by atoms with van der Waals surface area (Å²) in [5.41, 5.74) is 0. The molecule has 0 aliphatic heterocycles. The van der Waals surface area contributed by atoms with Crippen molar-refractivity contribution in [2.24, 2.45) is 23.7 Å². The van der Waals surface area contributed by atoms with E-state index >= 15 is 0 Å². The van der Waals surface area contributed by atoms with Gasteiger partial charge in [0.2, 0.25) is 5.91 Å². The summed E-state index contributed by atoms with van der Waals surface area (Å²) in [5, 5.41) is 9.28. The van der Waals surface area contributed by atoms with E-state index in [2.05, 4.69) is 0 Å². The van der Waals surface area contributed by atoms with Crippen LogP contribution in [-0.2, 0) is 9.59 Å². The van der Waals surface area contributed by atoms with E-state index in [9.17, 15) is 14.7 Å². The molecule has 0 radical (unpaired) electrons. The van der Waals surface area contributed by atoms with Crippen molar-refractivity contribution in [3.63, 3.8) is 0 Å². The summed E-state index contributed by atoms with van der Waals surface area (Å²) in [6.45, 7) is 5.17. The van der Waals surface area contributed by atoms with Crippen LogP contribution in [0.15, 0.2) is 12.2 Å². The number of carboxylic acids is 1. The molecule has 2 bridgehead atoms. The summed E-state index contributed by atoms with van der Waals surface area (Å²) >= 11 is 0. The number of aliphatic carboxylic acids is 1. The average molecular weight is 237 g/mol. The Morgan fingerprint density at radius 2 is 1.71 bits per heavy atom. The molecule has 1 N–H and O–H groups in total. The molecule has 4 nitrogen and oxygen atoms in total. The van der Waals surface area contributed by atoms with E-state index in [1.165, 1.54) is 0 Å². The lowest BCUT2D eigenvalue weighted by Gasteiger charge is -2.29. The molecule has 0 aromatic carbocycles. The first-order valence-corrected chi connectivity index (χ1v) is 6.30. The van der Waals surface area contributed by atoms with E-state index in [1.807, 2.05) is 26.0 Å². The third-order valence-corrected chi connectivity index (χ3v) is 4.10. The third-order valence-electron chi connectivity index (χ3n) is 4.10. The quantitative estimate of drug-likeness (QED) is 0.751. The number of fused-ring (bicyclic) bond motifs is 2. The number of allylic oxidation sites excluding steroid dienone is 2. The molecule has 1 fully saturated rings. The molecule has 2 aliphatic carbocycles. The lowest BCUT2D eigenvalue weighted by molar-refractivity contribution is -0.150. The number of nitrogens with zero attached hydrogens (tertiary/aromatic N) is 1. The highest BCUT2D eigenvalue weighted by Gasteiger charge is 2.52. The number of carbonyl (C=O) groups is 2. The summed E-state index contributed by atoms with van der Waals surface area (Å²) in [4.78, 5) is 25.4. The molecule has 0 spiro atoms. The van der Waals surface area contributed by atoms with Crippen molar-refractivity contribution in [3.05, 3.63) is 12.2 Å². The second kappa shape index (κ2) is 4.51. The molecule has 17 heavy (non-hydrogen) atoms. The Morgan fingerprint density at radius 3 is 2.18 bits per heavy atom. The second-order valence-electron chi connectivity index (χ2n) is 4.85. The van der Waals surface area contributed by atoms with E-state index in [4.69, 9.17) is 0 Å². The van der Waals surface area contributed by atoms with Crippen molar-refractivity contribution >= 4 is 11.9 Å². The zero-order valence-electron chi connectivity index (χ0n) is 10.3. The van der Waals surface area contributed by atoms with E-state index < -0.39 is 11.9 Å². The zero-order valence-corrected chi connectivity index (χ0v) is 10.3. The van der Waals surface area contributed by atoms with Gasteiger partial charge in [-0.25, -0.2) is 0 Å². The van der Waals surface area contributed by atoms with E-state index in [0.717, 1.165) is 6.42 Å². The highest BCUT2D eigenvalue weighted by Crippen LogP contribution is 2.48. The van der Waals surface area contributed by atoms with Crippen LogP contribution in [-0.4, -0.2) is 35.0 Å². The molecule has 0 aromatic rings. The van der Waals surface area contributed by atoms with Crippen molar-refractivity contribution in [1.29, 1.82) is 0 Å². The predicted octanol–water partition coefficient (Wildman–Crippen LogP) is 1.38. The van der Waals surface area contributed by atoms with Crippen molar-refractivity contribution in [1.82, 2.24) is 4.90 Å². The number of hydrogen-bond acceptors (Lipinski definition) is 2. The van der Waals surface area contributed by atoms with Crippen molar-refractivity contribution in [2.45, 2.75) is 20.3 Å². The SMILES string of the molecule is CCN(CC)C(=O)[C@H]1[C@@H](C(=O)O)[C@H]2C=C[C@H]1C2. The minimum Gasteiger partial charge on any atom is -0.481 e. The Kier molecular flexibility index (Phi) is 3.22. The molecular weight excluding hydrogens is 218 g/mol. The highest BCUT2D eigenvalue weighted by atomic mass is 16.4. The summed E-state index contributed by atoms with van der Waals surface area (Å²) in [6.07, 6.45) is 4.82. The monoisotopic (exact) mass is 237 g/mol. The largest absolute Gasteiger partial charge is 0.481 e. The predicted molar refractivity (Wildman–Crippen MR) is 63.3 cm³/mol. The number of amides is 1. The van der Waals surface area contributed by atoms with Crippen molar-refractivity contribution in [3.8, 4) is 0 Å². The molecule has 2 aliphatic rings. The van der Waals surface area contributed by atoms with E-state index in [-0.39, 0.29) is 23.7 Å². The molecule has 2 rings (SSSR count). The van der Waals surface area contributed by atoms with Gasteiger partial charge in [-0.1, -0.05) is 12.2 Å². The van der Waals surface area contributed by atoms with Gasteiger partial charge in [0.15, 0.2) is 0 Å². The first-order chi connectivity index (χ1) is 8.10. The minimum atomic E-state index is -0.827. The molecule has 0 saturated heterocycles. The van der Waals surface area contributed by atoms with Gasteiger partial charge in [-0.2, -0.15) is 0 Å². The molecule has 1 saturated carbocycles. The van der Waals surface area contributed by atoms with E-state index in [0.29, 0.717) is 13.1 Å². The molecule has 0 unspecified atom stereocenters. The number of rotatable bonds is 4. The van der Waals surface area contributed by atoms with Crippen LogP contribution in [0.4, 0.5) is 0 Å². The van der Waals surface area contributed by atoms with Crippen LogP contribution in [0.25, 0.3) is 0 Å². The van der Waals surface area contributed by atoms with Gasteiger partial charge in [0.1, 0.15) is 0 Å². The topological polar surface area (TPSA) is 57.6 Å². The fourth-order valence-electron chi connectivity index (χ4n) is 3.24. The van der Waals surface area contributed by atoms with Crippen LogP contribution < -0.4 is 0 Å². The molecule has 94 valence electrons. The third kappa shape index (κ3) is 1.85. The van der Waals surface area contributed by atoms with E-state index in [1.54, 1.807) is 4.90 Å². The summed E-state index contributed by atoms with van der Waals surface area (Å²) in [5.74, 6) is -1.48. The fraction of sp³-hybridized carbons (Fsp3) is 0.692. The standard InChI is InChI=1S/C13H19NO3/c1-3-14(4-2)12(15)10-8-5-6-9(7-8)11(10)13(16)17/h5-6,8-11H,3-4,7H2,1-2H3,(H,16,17)/t8-,9-,10+,11-/m0/s1. The van der Waals surface area contributed by atoms with Crippen LogP contribution in [0.3, 0.4) is 0 Å². The van der Waals surface area contributed by atoms with Crippen molar-refractivity contribution < 1.29 is 14.7 Å². The second-order valence-corrected chi connectivity index (χ2v) is 4.85. The fourth-order valence-corrected chi connectivity index (χ4v) is 3.24.